The molecule has 0 unspecified atom stereocenters. The summed E-state index contributed by atoms with van der Waals surface area (Å²) in [6.07, 6.45) is -3.90. The zero-order valence-electron chi connectivity index (χ0n) is 12.8. The van der Waals surface area contributed by atoms with Crippen LogP contribution in [0, 0.1) is 10.1 Å². The number of benzene rings is 2. The molecule has 0 amide bonds. The van der Waals surface area contributed by atoms with Crippen molar-refractivity contribution >= 4 is 22.8 Å². The van der Waals surface area contributed by atoms with Gasteiger partial charge in [-0.25, -0.2) is 4.98 Å². The Labute approximate surface area is 143 Å². The Bertz CT molecular complexity index is 1070. The van der Waals surface area contributed by atoms with Gasteiger partial charge in [-0.1, -0.05) is 12.1 Å². The molecule has 0 atom stereocenters. The van der Waals surface area contributed by atoms with E-state index in [1.807, 2.05) is 0 Å². The molecule has 0 spiro atoms. The van der Waals surface area contributed by atoms with Crippen molar-refractivity contribution in [3.63, 3.8) is 0 Å². The van der Waals surface area contributed by atoms with Gasteiger partial charge in [-0.05, 0) is 29.8 Å². The lowest BCUT2D eigenvalue weighted by atomic mass is 10.2. The number of non-ortho nitro benzene ring substituents is 1. The van der Waals surface area contributed by atoms with Gasteiger partial charge in [0.2, 0.25) is 5.82 Å². The van der Waals surface area contributed by atoms with E-state index in [0.717, 1.165) is 6.21 Å². The minimum atomic E-state index is -4.89. The highest BCUT2D eigenvalue weighted by atomic mass is 19.4. The summed E-state index contributed by atoms with van der Waals surface area (Å²) in [4.78, 5) is 25.9. The third kappa shape index (κ3) is 3.29. The molecule has 0 fully saturated rings. The van der Waals surface area contributed by atoms with E-state index in [4.69, 9.17) is 0 Å². The molecule has 26 heavy (non-hydrogen) atoms. The van der Waals surface area contributed by atoms with Gasteiger partial charge in [-0.3, -0.25) is 14.9 Å². The van der Waals surface area contributed by atoms with Crippen LogP contribution in [0.3, 0.4) is 0 Å². The van der Waals surface area contributed by atoms with Crippen LogP contribution in [-0.4, -0.2) is 20.8 Å². The maximum absolute atomic E-state index is 13.3. The molecular formula is C16H9F3N4O3. The van der Waals surface area contributed by atoms with Crippen LogP contribution < -0.4 is 5.56 Å². The Kier molecular flexibility index (Phi) is 4.24. The summed E-state index contributed by atoms with van der Waals surface area (Å²) in [5, 5.41) is 14.2. The predicted octanol–water partition coefficient (Wildman–Crippen LogP) is 3.21. The van der Waals surface area contributed by atoms with Gasteiger partial charge < -0.3 is 0 Å². The Morgan fingerprint density at radius 2 is 1.77 bits per heavy atom. The van der Waals surface area contributed by atoms with Crippen LogP contribution in [0.25, 0.3) is 10.9 Å². The first kappa shape index (κ1) is 17.3. The summed E-state index contributed by atoms with van der Waals surface area (Å²) < 4.78 is 39.9. The van der Waals surface area contributed by atoms with Crippen LogP contribution in [0.4, 0.5) is 18.9 Å². The van der Waals surface area contributed by atoms with E-state index in [0.29, 0.717) is 0 Å². The highest BCUT2D eigenvalue weighted by Gasteiger charge is 2.37. The highest BCUT2D eigenvalue weighted by molar-refractivity contribution is 5.80. The molecule has 3 rings (SSSR count). The molecule has 0 saturated carbocycles. The number of hydrogen-bond acceptors (Lipinski definition) is 5. The number of alkyl halides is 3. The zero-order valence-corrected chi connectivity index (χ0v) is 12.8. The molecule has 0 saturated heterocycles. The second kappa shape index (κ2) is 6.39. The summed E-state index contributed by atoms with van der Waals surface area (Å²) in [5.74, 6) is -1.46. The fourth-order valence-corrected chi connectivity index (χ4v) is 2.22. The number of fused-ring (bicyclic) bond motifs is 1. The molecule has 0 radical (unpaired) electrons. The van der Waals surface area contributed by atoms with Gasteiger partial charge in [0.05, 0.1) is 22.0 Å². The average Bonchev–Trinajstić information content (AvgIpc) is 2.60. The van der Waals surface area contributed by atoms with Crippen molar-refractivity contribution in [3.05, 3.63) is 80.4 Å². The van der Waals surface area contributed by atoms with Crippen LogP contribution in [0.1, 0.15) is 11.4 Å². The SMILES string of the molecule is O=c1c2ccccc2nc(C(F)(F)F)n1/N=C/c1ccc([N+](=O)[O-])cc1. The van der Waals surface area contributed by atoms with Gasteiger partial charge >= 0.3 is 6.18 Å². The first-order valence-electron chi connectivity index (χ1n) is 7.15. The molecule has 0 aliphatic rings. The third-order valence-corrected chi connectivity index (χ3v) is 3.43. The number of rotatable bonds is 3. The number of aromatic nitrogens is 2. The van der Waals surface area contributed by atoms with Gasteiger partial charge in [0.15, 0.2) is 0 Å². The lowest BCUT2D eigenvalue weighted by Crippen LogP contribution is -2.27. The number of nitro groups is 1. The Hall–Kier alpha value is -3.56. The van der Waals surface area contributed by atoms with Crippen LogP contribution in [-0.2, 0) is 6.18 Å². The predicted molar refractivity (Wildman–Crippen MR) is 87.1 cm³/mol. The van der Waals surface area contributed by atoms with Crippen LogP contribution in [0.2, 0.25) is 0 Å². The maximum atomic E-state index is 13.3. The normalized spacial score (nSPS) is 12.0. The summed E-state index contributed by atoms with van der Waals surface area (Å²) in [7, 11) is 0. The van der Waals surface area contributed by atoms with Crippen LogP contribution in [0.15, 0.2) is 58.4 Å². The van der Waals surface area contributed by atoms with Crippen molar-refractivity contribution in [2.24, 2.45) is 5.10 Å². The summed E-state index contributed by atoms with van der Waals surface area (Å²) in [6.45, 7) is 0. The van der Waals surface area contributed by atoms with Crippen molar-refractivity contribution in [2.45, 2.75) is 6.18 Å². The molecule has 3 aromatic rings. The number of nitrogens with zero attached hydrogens (tertiary/aromatic N) is 4. The third-order valence-electron chi connectivity index (χ3n) is 3.43. The highest BCUT2D eigenvalue weighted by Crippen LogP contribution is 2.27. The van der Waals surface area contributed by atoms with E-state index in [1.165, 1.54) is 48.5 Å². The van der Waals surface area contributed by atoms with Crippen molar-refractivity contribution in [1.82, 2.24) is 9.66 Å². The van der Waals surface area contributed by atoms with Crippen LogP contribution in [0.5, 0.6) is 0 Å². The number of para-hydroxylation sites is 1. The van der Waals surface area contributed by atoms with Crippen molar-refractivity contribution in [3.8, 4) is 0 Å². The summed E-state index contributed by atoms with van der Waals surface area (Å²) in [5.41, 5.74) is -0.959. The second-order valence-electron chi connectivity index (χ2n) is 5.16. The number of hydrogen-bond donors (Lipinski definition) is 0. The molecule has 132 valence electrons. The summed E-state index contributed by atoms with van der Waals surface area (Å²) in [6, 6.07) is 10.6. The monoisotopic (exact) mass is 362 g/mol. The van der Waals surface area contributed by atoms with Crippen molar-refractivity contribution < 1.29 is 18.1 Å². The second-order valence-corrected chi connectivity index (χ2v) is 5.16. The minimum Gasteiger partial charge on any atom is -0.267 e. The van der Waals surface area contributed by atoms with Gasteiger partial charge in [-0.2, -0.15) is 22.9 Å². The smallest absolute Gasteiger partial charge is 0.267 e. The lowest BCUT2D eigenvalue weighted by Gasteiger charge is -2.11. The zero-order chi connectivity index (χ0) is 18.9. The number of halogens is 3. The molecule has 7 nitrogen and oxygen atoms in total. The molecule has 2 aromatic carbocycles. The molecule has 0 bridgehead atoms. The van der Waals surface area contributed by atoms with Crippen LogP contribution >= 0.6 is 0 Å². The number of nitro benzene ring substituents is 1. The standard InChI is InChI=1S/C16H9F3N4O3/c17-16(18,19)15-21-13-4-2-1-3-12(13)14(24)22(15)20-9-10-5-7-11(8-6-10)23(25)26/h1-9H/b20-9+. The molecular weight excluding hydrogens is 353 g/mol. The lowest BCUT2D eigenvalue weighted by molar-refractivity contribution is -0.384. The quantitative estimate of drug-likeness (QED) is 0.406. The first-order valence-corrected chi connectivity index (χ1v) is 7.15. The van der Waals surface area contributed by atoms with Crippen molar-refractivity contribution in [1.29, 1.82) is 0 Å². The fourth-order valence-electron chi connectivity index (χ4n) is 2.22. The molecule has 10 heteroatoms. The first-order chi connectivity index (χ1) is 12.3. The Morgan fingerprint density at radius 1 is 1.12 bits per heavy atom. The molecule has 1 aromatic heterocycles. The average molecular weight is 362 g/mol. The maximum Gasteiger partial charge on any atom is 0.451 e. The van der Waals surface area contributed by atoms with E-state index < -0.39 is 22.5 Å². The molecule has 1 heterocycles. The van der Waals surface area contributed by atoms with E-state index in [1.54, 1.807) is 0 Å². The van der Waals surface area contributed by atoms with Gasteiger partial charge in [0.25, 0.3) is 11.2 Å². The Balaban J connectivity index is 2.12. The minimum absolute atomic E-state index is 0.0126. The molecule has 0 aliphatic heterocycles. The molecule has 0 aliphatic carbocycles. The summed E-state index contributed by atoms with van der Waals surface area (Å²) >= 11 is 0. The van der Waals surface area contributed by atoms with Gasteiger partial charge in [-0.15, -0.1) is 0 Å². The largest absolute Gasteiger partial charge is 0.451 e. The van der Waals surface area contributed by atoms with Gasteiger partial charge in [0.1, 0.15) is 0 Å². The fraction of sp³-hybridized carbons (Fsp3) is 0.0625. The topological polar surface area (TPSA) is 90.4 Å². The van der Waals surface area contributed by atoms with E-state index in [2.05, 4.69) is 10.1 Å². The van der Waals surface area contributed by atoms with E-state index in [-0.39, 0.29) is 26.8 Å². The molecule has 0 N–H and O–H groups in total. The van der Waals surface area contributed by atoms with Crippen molar-refractivity contribution in [2.75, 3.05) is 0 Å². The van der Waals surface area contributed by atoms with E-state index in [9.17, 15) is 28.1 Å². The van der Waals surface area contributed by atoms with E-state index >= 15 is 0 Å². The van der Waals surface area contributed by atoms with Gasteiger partial charge in [0, 0.05) is 12.1 Å². The Morgan fingerprint density at radius 3 is 2.38 bits per heavy atom.